The average molecular weight is 756 g/mol. The van der Waals surface area contributed by atoms with Gasteiger partial charge in [0.2, 0.25) is 0 Å². The third-order valence-electron chi connectivity index (χ3n) is 8.52. The molecule has 14 heteroatoms. The maximum Gasteiger partial charge on any atom is 0.334 e. The van der Waals surface area contributed by atoms with E-state index >= 15 is 0 Å². The molecule has 54 heavy (non-hydrogen) atoms. The van der Waals surface area contributed by atoms with Gasteiger partial charge < -0.3 is 34.2 Å². The molecule has 1 heterocycles. The molecule has 0 saturated carbocycles. The fourth-order valence-corrected chi connectivity index (χ4v) is 5.54. The maximum absolute atomic E-state index is 13.1. The van der Waals surface area contributed by atoms with Crippen molar-refractivity contribution >= 4 is 29.8 Å². The second kappa shape index (κ2) is 25.2. The van der Waals surface area contributed by atoms with Crippen LogP contribution in [0, 0.1) is 0 Å². The second-order valence-electron chi connectivity index (χ2n) is 12.9. The van der Waals surface area contributed by atoms with Gasteiger partial charge in [0.15, 0.2) is 29.0 Å². The first-order chi connectivity index (χ1) is 26.3. The van der Waals surface area contributed by atoms with Crippen LogP contribution in [-0.4, -0.2) is 98.4 Å². The number of para-hydroxylation sites is 4. The number of benzene rings is 2. The van der Waals surface area contributed by atoms with Crippen LogP contribution in [0.15, 0.2) is 48.5 Å². The Kier molecular flexibility index (Phi) is 20.3. The molecule has 0 atom stereocenters. The Morgan fingerprint density at radius 3 is 1.22 bits per heavy atom. The van der Waals surface area contributed by atoms with Gasteiger partial charge in [0, 0.05) is 0 Å². The van der Waals surface area contributed by atoms with Gasteiger partial charge in [-0.25, -0.2) is 4.79 Å². The summed E-state index contributed by atoms with van der Waals surface area (Å²) in [4.78, 5) is 64.6. The van der Waals surface area contributed by atoms with Crippen LogP contribution in [0.5, 0.6) is 23.0 Å². The number of hydrogen-bond donors (Lipinski definition) is 1. The second-order valence-corrected chi connectivity index (χ2v) is 12.9. The summed E-state index contributed by atoms with van der Waals surface area (Å²) >= 11 is 0. The number of imide groups is 2. The third kappa shape index (κ3) is 15.2. The van der Waals surface area contributed by atoms with Crippen LogP contribution < -0.4 is 24.7 Å². The van der Waals surface area contributed by atoms with Crippen LogP contribution >= 0.6 is 0 Å². The van der Waals surface area contributed by atoms with Crippen LogP contribution in [0.25, 0.3) is 0 Å². The molecule has 2 aromatic carbocycles. The Morgan fingerprint density at radius 1 is 0.519 bits per heavy atom. The molecule has 0 aromatic heterocycles. The molecular formula is C40H57N3O11. The highest BCUT2D eigenvalue weighted by molar-refractivity contribution is 6.20. The van der Waals surface area contributed by atoms with E-state index in [4.69, 9.17) is 34.2 Å². The van der Waals surface area contributed by atoms with Crippen molar-refractivity contribution in [2.45, 2.75) is 96.9 Å². The van der Waals surface area contributed by atoms with Gasteiger partial charge in [0.05, 0.1) is 13.2 Å². The SMILES string of the molecule is CCCCCCCCOc1ccccc1OCCOC(=O)CN1C(=O)C(N)C(=O)N(CC(=O)OCCOc2ccccc2OCCCCCCCC)C1=O. The Morgan fingerprint density at radius 2 is 0.852 bits per heavy atom. The Hall–Kier alpha value is -4.85. The van der Waals surface area contributed by atoms with Crippen LogP contribution in [0.4, 0.5) is 4.79 Å². The number of carbonyl (C=O) groups is 5. The molecule has 2 aromatic rings. The Bertz CT molecular complexity index is 1360. The third-order valence-corrected chi connectivity index (χ3v) is 8.52. The number of unbranched alkanes of at least 4 members (excludes halogenated alkanes) is 10. The smallest absolute Gasteiger partial charge is 0.334 e. The van der Waals surface area contributed by atoms with E-state index in [1.54, 1.807) is 36.4 Å². The summed E-state index contributed by atoms with van der Waals surface area (Å²) in [7, 11) is 0. The van der Waals surface area contributed by atoms with Crippen LogP contribution in [-0.2, 0) is 28.7 Å². The van der Waals surface area contributed by atoms with E-state index in [0.717, 1.165) is 25.7 Å². The number of hydrogen-bond acceptors (Lipinski definition) is 12. The van der Waals surface area contributed by atoms with Crippen molar-refractivity contribution in [3.05, 3.63) is 48.5 Å². The topological polar surface area (TPSA) is 173 Å². The first-order valence-electron chi connectivity index (χ1n) is 19.2. The van der Waals surface area contributed by atoms with Crippen molar-refractivity contribution in [1.82, 2.24) is 9.80 Å². The van der Waals surface area contributed by atoms with Gasteiger partial charge in [-0.15, -0.1) is 0 Å². The van der Waals surface area contributed by atoms with Crippen molar-refractivity contribution < 1.29 is 52.4 Å². The standard InChI is InChI=1S/C40H57N3O11/c1-3-5-7-9-11-17-23-49-31-19-13-15-21-33(31)51-25-27-53-35(44)29-42-38(46)37(41)39(47)43(40(42)48)30-36(45)54-28-26-52-34-22-16-14-20-32(34)50-24-18-12-10-8-6-4-2/h13-16,19-22,37H,3-12,17-18,23-30,41H2,1-2H3. The first kappa shape index (κ1) is 43.6. The van der Waals surface area contributed by atoms with E-state index in [1.807, 2.05) is 12.1 Å². The van der Waals surface area contributed by atoms with Crippen LogP contribution in [0.3, 0.4) is 0 Å². The van der Waals surface area contributed by atoms with Gasteiger partial charge in [0.1, 0.15) is 39.5 Å². The van der Waals surface area contributed by atoms with E-state index < -0.39 is 48.9 Å². The highest BCUT2D eigenvalue weighted by atomic mass is 16.6. The summed E-state index contributed by atoms with van der Waals surface area (Å²) in [5.41, 5.74) is 5.76. The zero-order chi connectivity index (χ0) is 39.0. The van der Waals surface area contributed by atoms with Gasteiger partial charge in [0.25, 0.3) is 11.8 Å². The lowest BCUT2D eigenvalue weighted by atomic mass is 10.1. The number of nitrogens with two attached hydrogens (primary N) is 1. The van der Waals surface area contributed by atoms with E-state index in [1.165, 1.54) is 51.4 Å². The van der Waals surface area contributed by atoms with Crippen molar-refractivity contribution in [2.75, 3.05) is 52.7 Å². The van der Waals surface area contributed by atoms with Gasteiger partial charge in [-0.2, -0.15) is 0 Å². The zero-order valence-electron chi connectivity index (χ0n) is 31.8. The van der Waals surface area contributed by atoms with E-state index in [0.29, 0.717) is 46.0 Å². The van der Waals surface area contributed by atoms with Gasteiger partial charge >= 0.3 is 18.0 Å². The minimum Gasteiger partial charge on any atom is -0.490 e. The fraction of sp³-hybridized carbons (Fsp3) is 0.575. The monoisotopic (exact) mass is 755 g/mol. The summed E-state index contributed by atoms with van der Waals surface area (Å²) in [6.45, 7) is 3.38. The van der Waals surface area contributed by atoms with E-state index in [9.17, 15) is 24.0 Å². The Balaban J connectivity index is 1.39. The minimum absolute atomic E-state index is 0.0253. The number of barbiturate groups is 1. The molecule has 4 amide bonds. The fourth-order valence-electron chi connectivity index (χ4n) is 5.54. The van der Waals surface area contributed by atoms with Crippen molar-refractivity contribution in [2.24, 2.45) is 5.73 Å². The molecule has 1 fully saturated rings. The summed E-state index contributed by atoms with van der Waals surface area (Å²) in [5.74, 6) is -1.96. The zero-order valence-corrected chi connectivity index (χ0v) is 31.8. The molecule has 298 valence electrons. The largest absolute Gasteiger partial charge is 0.490 e. The number of ether oxygens (including phenoxy) is 6. The van der Waals surface area contributed by atoms with Crippen LogP contribution in [0.1, 0.15) is 90.9 Å². The predicted octanol–water partition coefficient (Wildman–Crippen LogP) is 5.83. The molecule has 14 nitrogen and oxygen atoms in total. The predicted molar refractivity (Wildman–Crippen MR) is 200 cm³/mol. The molecule has 1 aliphatic rings. The quantitative estimate of drug-likeness (QED) is 0.0627. The molecule has 0 bridgehead atoms. The van der Waals surface area contributed by atoms with Gasteiger partial charge in [-0.3, -0.25) is 29.0 Å². The number of rotatable bonds is 28. The summed E-state index contributed by atoms with van der Waals surface area (Å²) in [5, 5.41) is 0. The minimum atomic E-state index is -1.80. The lowest BCUT2D eigenvalue weighted by molar-refractivity contribution is -0.156. The number of amides is 4. The van der Waals surface area contributed by atoms with Crippen LogP contribution in [0.2, 0.25) is 0 Å². The van der Waals surface area contributed by atoms with Gasteiger partial charge in [-0.05, 0) is 37.1 Å². The molecule has 0 unspecified atom stereocenters. The molecule has 0 radical (unpaired) electrons. The summed E-state index contributed by atoms with van der Waals surface area (Å²) in [6.07, 6.45) is 13.7. The van der Waals surface area contributed by atoms with E-state index in [2.05, 4.69) is 13.8 Å². The first-order valence-corrected chi connectivity index (χ1v) is 19.2. The number of nitrogens with zero attached hydrogens (tertiary/aromatic N) is 2. The normalized spacial score (nSPS) is 13.2. The lowest BCUT2D eigenvalue weighted by Crippen LogP contribution is -2.66. The highest BCUT2D eigenvalue weighted by Crippen LogP contribution is 2.28. The molecule has 0 aliphatic carbocycles. The molecule has 0 spiro atoms. The van der Waals surface area contributed by atoms with Gasteiger partial charge in [-0.1, -0.05) is 102 Å². The number of carbonyl (C=O) groups excluding carboxylic acids is 5. The van der Waals surface area contributed by atoms with E-state index in [-0.39, 0.29) is 26.4 Å². The van der Waals surface area contributed by atoms with Crippen molar-refractivity contribution in [1.29, 1.82) is 0 Å². The summed E-state index contributed by atoms with van der Waals surface area (Å²) in [6, 6.07) is 11.3. The average Bonchev–Trinajstić information content (AvgIpc) is 3.18. The molecule has 1 saturated heterocycles. The van der Waals surface area contributed by atoms with Crippen molar-refractivity contribution in [3.8, 4) is 23.0 Å². The molecule has 2 N–H and O–H groups in total. The maximum atomic E-state index is 13.1. The number of urea groups is 1. The molecule has 1 aliphatic heterocycles. The molecular weight excluding hydrogens is 698 g/mol. The molecule has 3 rings (SSSR count). The lowest BCUT2D eigenvalue weighted by Gasteiger charge is -2.34. The summed E-state index contributed by atoms with van der Waals surface area (Å²) < 4.78 is 33.6. The highest BCUT2D eigenvalue weighted by Gasteiger charge is 2.45. The van der Waals surface area contributed by atoms with Crippen molar-refractivity contribution in [3.63, 3.8) is 0 Å². The number of esters is 2. The Labute approximate surface area is 318 Å².